The lowest BCUT2D eigenvalue weighted by Gasteiger charge is -2.48. The van der Waals surface area contributed by atoms with Crippen LogP contribution >= 0.6 is 0 Å². The highest BCUT2D eigenvalue weighted by molar-refractivity contribution is 5.99. The standard InChI is InChI=1S/C39H47FN6O3/c1-25-6-4-8-33(40)36(25)39(48)46-35-9-5-7-27(35)23-32(37(46)26-10-12-29(13-11-26)41-30-16-20-49-21-17-30)38(47)42-31-14-15-34-28(22-31)24-45(43-34)19-18-44(2)3/h4,6,8,10-15,22,24,27,30,32,35,37,41H,5,7,9,16-21,23H2,1-3H3,(H,42,47)/t27-,32+,35-,37+/m1/s1. The third-order valence-electron chi connectivity index (χ3n) is 10.7. The van der Waals surface area contributed by atoms with Gasteiger partial charge < -0.3 is 25.2 Å². The van der Waals surface area contributed by atoms with Crippen molar-refractivity contribution in [2.45, 2.75) is 70.1 Å². The fraction of sp³-hybridized carbons (Fsp3) is 0.462. The molecule has 4 atom stereocenters. The minimum absolute atomic E-state index is 0.0649. The Bertz CT molecular complexity index is 1780. The summed E-state index contributed by atoms with van der Waals surface area (Å²) < 4.78 is 22.9. The van der Waals surface area contributed by atoms with Crippen molar-refractivity contribution >= 4 is 34.1 Å². The number of hydrogen-bond acceptors (Lipinski definition) is 6. The van der Waals surface area contributed by atoms with Gasteiger partial charge in [-0.25, -0.2) is 4.39 Å². The largest absolute Gasteiger partial charge is 0.382 e. The maximum absolute atomic E-state index is 15.4. The molecule has 4 aromatic rings. The van der Waals surface area contributed by atoms with E-state index < -0.39 is 17.8 Å². The number of aromatic nitrogens is 2. The summed E-state index contributed by atoms with van der Waals surface area (Å²) in [4.78, 5) is 33.0. The number of hydrogen-bond donors (Lipinski definition) is 2. The average Bonchev–Trinajstić information content (AvgIpc) is 3.74. The molecule has 0 bridgehead atoms. The van der Waals surface area contributed by atoms with Crippen LogP contribution in [0, 0.1) is 24.6 Å². The van der Waals surface area contributed by atoms with E-state index in [1.807, 2.05) is 72.3 Å². The van der Waals surface area contributed by atoms with Gasteiger partial charge in [0.05, 0.1) is 29.6 Å². The molecule has 9 nitrogen and oxygen atoms in total. The van der Waals surface area contributed by atoms with Gasteiger partial charge in [0.15, 0.2) is 0 Å². The van der Waals surface area contributed by atoms with Gasteiger partial charge in [0, 0.05) is 54.8 Å². The maximum atomic E-state index is 15.4. The van der Waals surface area contributed by atoms with E-state index >= 15 is 4.39 Å². The van der Waals surface area contributed by atoms with Gasteiger partial charge in [0.1, 0.15) is 5.82 Å². The number of nitrogens with zero attached hydrogens (tertiary/aromatic N) is 4. The first-order valence-electron chi connectivity index (χ1n) is 17.7. The molecule has 49 heavy (non-hydrogen) atoms. The quantitative estimate of drug-likeness (QED) is 0.208. The molecule has 258 valence electrons. The van der Waals surface area contributed by atoms with Crippen LogP contribution in [0.25, 0.3) is 10.9 Å². The van der Waals surface area contributed by atoms with Crippen molar-refractivity contribution in [3.63, 3.8) is 0 Å². The summed E-state index contributed by atoms with van der Waals surface area (Å²) >= 11 is 0. The number of benzene rings is 3. The third-order valence-corrected chi connectivity index (χ3v) is 10.7. The van der Waals surface area contributed by atoms with Crippen LogP contribution in [-0.2, 0) is 16.1 Å². The fourth-order valence-corrected chi connectivity index (χ4v) is 8.13. The summed E-state index contributed by atoms with van der Waals surface area (Å²) in [6.45, 7) is 4.91. The second-order valence-electron chi connectivity index (χ2n) is 14.3. The Morgan fingerprint density at radius 1 is 1.00 bits per heavy atom. The molecular formula is C39H47FN6O3. The minimum Gasteiger partial charge on any atom is -0.382 e. The summed E-state index contributed by atoms with van der Waals surface area (Å²) in [5, 5.41) is 12.5. The molecule has 1 aliphatic carbocycles. The molecular weight excluding hydrogens is 619 g/mol. The van der Waals surface area contributed by atoms with Crippen molar-refractivity contribution in [3.05, 3.63) is 89.4 Å². The topological polar surface area (TPSA) is 91.7 Å². The van der Waals surface area contributed by atoms with Gasteiger partial charge in [-0.15, -0.1) is 0 Å². The molecule has 1 aromatic heterocycles. The van der Waals surface area contributed by atoms with Crippen LogP contribution in [0.1, 0.15) is 66.1 Å². The van der Waals surface area contributed by atoms with Crippen molar-refractivity contribution in [1.82, 2.24) is 19.6 Å². The molecule has 2 amide bonds. The Hall–Kier alpha value is -4.28. The highest BCUT2D eigenvalue weighted by Crippen LogP contribution is 2.49. The van der Waals surface area contributed by atoms with E-state index in [0.29, 0.717) is 23.7 Å². The third kappa shape index (κ3) is 7.07. The van der Waals surface area contributed by atoms with Crippen LogP contribution in [0.5, 0.6) is 0 Å². The summed E-state index contributed by atoms with van der Waals surface area (Å²) in [7, 11) is 4.07. The van der Waals surface area contributed by atoms with E-state index in [9.17, 15) is 9.59 Å². The molecule has 3 heterocycles. The number of likely N-dealkylation sites (tertiary alicyclic amines) is 1. The maximum Gasteiger partial charge on any atom is 0.257 e. The average molecular weight is 667 g/mol. The van der Waals surface area contributed by atoms with Gasteiger partial charge in [-0.2, -0.15) is 5.10 Å². The van der Waals surface area contributed by atoms with E-state index in [1.165, 1.54) is 6.07 Å². The number of nitrogens with one attached hydrogen (secondary N) is 2. The summed E-state index contributed by atoms with van der Waals surface area (Å²) in [6.07, 6.45) is 7.31. The Morgan fingerprint density at radius 2 is 1.78 bits per heavy atom. The SMILES string of the molecule is Cc1cccc(F)c1C(=O)N1[C@@H]2CCC[C@@H]2C[C@H](C(=O)Nc2ccc3nn(CCN(C)C)cc3c2)[C@@H]1c1ccc(NC2CCOCC2)cc1. The fourth-order valence-electron chi connectivity index (χ4n) is 8.13. The predicted octanol–water partition coefficient (Wildman–Crippen LogP) is 6.65. The Labute approximate surface area is 287 Å². The zero-order valence-corrected chi connectivity index (χ0v) is 28.7. The zero-order valence-electron chi connectivity index (χ0n) is 28.7. The molecule has 0 spiro atoms. The lowest BCUT2D eigenvalue weighted by molar-refractivity contribution is -0.125. The molecule has 0 unspecified atom stereocenters. The summed E-state index contributed by atoms with van der Waals surface area (Å²) in [5.41, 5.74) is 4.12. The zero-order chi connectivity index (χ0) is 34.1. The number of aryl methyl sites for hydroxylation is 1. The first-order valence-corrected chi connectivity index (χ1v) is 17.7. The number of rotatable bonds is 9. The smallest absolute Gasteiger partial charge is 0.257 e. The number of carbonyl (C=O) groups is 2. The normalized spacial score (nSPS) is 22.8. The second-order valence-corrected chi connectivity index (χ2v) is 14.3. The van der Waals surface area contributed by atoms with Crippen molar-refractivity contribution in [2.75, 3.05) is 44.5 Å². The molecule has 3 aromatic carbocycles. The number of fused-ring (bicyclic) bond motifs is 2. The van der Waals surface area contributed by atoms with Crippen molar-refractivity contribution in [2.24, 2.45) is 11.8 Å². The number of piperidine rings is 1. The van der Waals surface area contributed by atoms with Crippen molar-refractivity contribution < 1.29 is 18.7 Å². The van der Waals surface area contributed by atoms with Gasteiger partial charge in [0.2, 0.25) is 5.91 Å². The monoisotopic (exact) mass is 666 g/mol. The Morgan fingerprint density at radius 3 is 2.53 bits per heavy atom. The van der Waals surface area contributed by atoms with Gasteiger partial charge in [-0.1, -0.05) is 30.7 Å². The molecule has 2 saturated heterocycles. The molecule has 7 rings (SSSR count). The number of anilines is 2. The molecule has 1 saturated carbocycles. The van der Waals surface area contributed by atoms with Crippen molar-refractivity contribution in [3.8, 4) is 0 Å². The number of carbonyl (C=O) groups excluding carboxylic acids is 2. The van der Waals surface area contributed by atoms with Crippen LogP contribution in [0.2, 0.25) is 0 Å². The number of amides is 2. The van der Waals surface area contributed by atoms with Gasteiger partial charge in [-0.05, 0) is 107 Å². The highest BCUT2D eigenvalue weighted by atomic mass is 19.1. The summed E-state index contributed by atoms with van der Waals surface area (Å²) in [5.74, 6) is -1.37. The first-order chi connectivity index (χ1) is 23.7. The van der Waals surface area contributed by atoms with Crippen LogP contribution in [0.3, 0.4) is 0 Å². The highest BCUT2D eigenvalue weighted by Gasteiger charge is 2.50. The molecule has 3 aliphatic rings. The molecule has 2 N–H and O–H groups in total. The molecule has 3 fully saturated rings. The van der Waals surface area contributed by atoms with E-state index in [-0.39, 0.29) is 29.3 Å². The van der Waals surface area contributed by atoms with Crippen LogP contribution < -0.4 is 10.6 Å². The lowest BCUT2D eigenvalue weighted by atomic mass is 9.76. The van der Waals surface area contributed by atoms with Crippen LogP contribution in [0.4, 0.5) is 15.8 Å². The van der Waals surface area contributed by atoms with E-state index in [2.05, 4.69) is 15.5 Å². The minimum atomic E-state index is -0.555. The molecule has 2 aliphatic heterocycles. The second kappa shape index (κ2) is 14.3. The summed E-state index contributed by atoms with van der Waals surface area (Å²) in [6, 6.07) is 18.4. The predicted molar refractivity (Wildman–Crippen MR) is 190 cm³/mol. The van der Waals surface area contributed by atoms with Crippen LogP contribution in [0.15, 0.2) is 66.9 Å². The van der Waals surface area contributed by atoms with Crippen LogP contribution in [-0.4, -0.2) is 77.3 Å². The number of halogens is 1. The van der Waals surface area contributed by atoms with Crippen molar-refractivity contribution in [1.29, 1.82) is 0 Å². The van der Waals surface area contributed by atoms with E-state index in [4.69, 9.17) is 9.84 Å². The Kier molecular flexibility index (Phi) is 9.69. The van der Waals surface area contributed by atoms with Gasteiger partial charge >= 0.3 is 0 Å². The first kappa shape index (κ1) is 33.2. The Balaban J connectivity index is 1.22. The number of likely N-dealkylation sites (N-methyl/N-ethyl adjacent to an activating group) is 1. The van der Waals surface area contributed by atoms with E-state index in [1.54, 1.807) is 19.1 Å². The van der Waals surface area contributed by atoms with E-state index in [0.717, 1.165) is 80.6 Å². The molecule has 0 radical (unpaired) electrons. The van der Waals surface area contributed by atoms with Gasteiger partial charge in [-0.3, -0.25) is 14.3 Å². The lowest BCUT2D eigenvalue weighted by Crippen LogP contribution is -2.54. The molecule has 10 heteroatoms. The number of ether oxygens (including phenoxy) is 1. The van der Waals surface area contributed by atoms with Gasteiger partial charge in [0.25, 0.3) is 5.91 Å².